The lowest BCUT2D eigenvalue weighted by Gasteiger charge is -2.33. The highest BCUT2D eigenvalue weighted by Crippen LogP contribution is 2.24. The summed E-state index contributed by atoms with van der Waals surface area (Å²) >= 11 is 0. The van der Waals surface area contributed by atoms with E-state index in [9.17, 15) is 17.2 Å². The van der Waals surface area contributed by atoms with E-state index in [1.807, 2.05) is 6.92 Å². The summed E-state index contributed by atoms with van der Waals surface area (Å²) < 4.78 is 49.7. The van der Waals surface area contributed by atoms with Gasteiger partial charge in [-0.15, -0.1) is 0 Å². The monoisotopic (exact) mass is 305 g/mol. The van der Waals surface area contributed by atoms with Gasteiger partial charge in [-0.25, -0.2) is 17.2 Å². The molecule has 3 nitrogen and oxygen atoms in total. The molecule has 1 atom stereocenters. The Morgan fingerprint density at radius 3 is 2.40 bits per heavy atom. The van der Waals surface area contributed by atoms with Gasteiger partial charge in [-0.05, 0) is 38.4 Å². The number of hydrogen-bond donors (Lipinski definition) is 1. The van der Waals surface area contributed by atoms with Crippen molar-refractivity contribution in [2.24, 2.45) is 0 Å². The van der Waals surface area contributed by atoms with E-state index in [1.54, 1.807) is 13.8 Å². The predicted octanol–water partition coefficient (Wildman–Crippen LogP) is 2.31. The quantitative estimate of drug-likeness (QED) is 0.877. The Morgan fingerprint density at radius 1 is 1.30 bits per heavy atom. The van der Waals surface area contributed by atoms with Gasteiger partial charge in [-0.3, -0.25) is 0 Å². The van der Waals surface area contributed by atoms with Gasteiger partial charge < -0.3 is 5.32 Å². The van der Waals surface area contributed by atoms with E-state index < -0.39 is 32.3 Å². The Labute approximate surface area is 119 Å². The summed E-state index contributed by atoms with van der Waals surface area (Å²) in [7, 11) is -3.35. The first-order chi connectivity index (χ1) is 9.11. The number of hydrogen-bond acceptors (Lipinski definition) is 3. The van der Waals surface area contributed by atoms with Crippen LogP contribution in [-0.2, 0) is 16.3 Å². The Hall–Kier alpha value is -1.01. The van der Waals surface area contributed by atoms with Gasteiger partial charge >= 0.3 is 0 Å². The molecule has 0 fully saturated rings. The van der Waals surface area contributed by atoms with E-state index in [4.69, 9.17) is 0 Å². The Kier molecular flexibility index (Phi) is 5.27. The van der Waals surface area contributed by atoms with Gasteiger partial charge in [0.05, 0.1) is 4.75 Å². The van der Waals surface area contributed by atoms with Crippen molar-refractivity contribution in [3.8, 4) is 0 Å². The van der Waals surface area contributed by atoms with Gasteiger partial charge in [0.15, 0.2) is 21.5 Å². The molecule has 1 rings (SSSR count). The maximum absolute atomic E-state index is 13.7. The third-order valence-electron chi connectivity index (χ3n) is 3.70. The van der Waals surface area contributed by atoms with Gasteiger partial charge in [-0.1, -0.05) is 19.1 Å². The topological polar surface area (TPSA) is 46.2 Å². The molecule has 1 N–H and O–H groups in total. The molecule has 0 radical (unpaired) electrons. The van der Waals surface area contributed by atoms with Gasteiger partial charge in [0, 0.05) is 12.3 Å². The zero-order valence-electron chi connectivity index (χ0n) is 12.2. The second kappa shape index (κ2) is 6.18. The van der Waals surface area contributed by atoms with Crippen LogP contribution in [0.5, 0.6) is 0 Å². The van der Waals surface area contributed by atoms with Crippen molar-refractivity contribution in [3.63, 3.8) is 0 Å². The molecule has 0 aromatic heterocycles. The fourth-order valence-electron chi connectivity index (χ4n) is 1.99. The first-order valence-corrected chi connectivity index (χ1v) is 8.36. The Morgan fingerprint density at radius 2 is 1.90 bits per heavy atom. The number of nitrogens with one attached hydrogen (secondary N) is 1. The predicted molar refractivity (Wildman–Crippen MR) is 76.4 cm³/mol. The average molecular weight is 305 g/mol. The molecule has 0 saturated carbocycles. The van der Waals surface area contributed by atoms with E-state index in [-0.39, 0.29) is 12.0 Å². The van der Waals surface area contributed by atoms with Crippen LogP contribution in [0.3, 0.4) is 0 Å². The molecule has 20 heavy (non-hydrogen) atoms. The molecule has 0 aliphatic heterocycles. The molecule has 0 aliphatic carbocycles. The van der Waals surface area contributed by atoms with Crippen molar-refractivity contribution in [1.82, 2.24) is 5.32 Å². The summed E-state index contributed by atoms with van der Waals surface area (Å²) in [6, 6.07) is 3.44. The standard InChI is InChI=1S/C14H21F2NO2S/c1-5-17-12(14(2,3)20(4,18)19)9-10-7-6-8-11(15)13(10)16/h6-8,12,17H,5,9H2,1-4H3. The molecule has 1 unspecified atom stereocenters. The first kappa shape index (κ1) is 17.0. The molecular formula is C14H21F2NO2S. The third kappa shape index (κ3) is 3.55. The number of halogens is 2. The minimum atomic E-state index is -3.35. The van der Waals surface area contributed by atoms with Crippen LogP contribution in [0.2, 0.25) is 0 Å². The summed E-state index contributed by atoms with van der Waals surface area (Å²) in [6.07, 6.45) is 1.26. The van der Waals surface area contributed by atoms with Crippen LogP contribution >= 0.6 is 0 Å². The molecular weight excluding hydrogens is 284 g/mol. The maximum Gasteiger partial charge on any atom is 0.162 e. The zero-order chi connectivity index (χ0) is 15.6. The number of likely N-dealkylation sites (N-methyl/N-ethyl adjacent to an activating group) is 1. The van der Waals surface area contributed by atoms with Crippen LogP contribution < -0.4 is 5.32 Å². The van der Waals surface area contributed by atoms with E-state index in [0.717, 1.165) is 12.3 Å². The normalized spacial score (nSPS) is 14.3. The summed E-state index contributed by atoms with van der Waals surface area (Å²) in [5.41, 5.74) is 0.174. The number of rotatable bonds is 6. The molecule has 0 spiro atoms. The fourth-order valence-corrected chi connectivity index (χ4v) is 2.68. The average Bonchev–Trinajstić information content (AvgIpc) is 2.32. The van der Waals surface area contributed by atoms with Gasteiger partial charge in [0.25, 0.3) is 0 Å². The third-order valence-corrected chi connectivity index (χ3v) is 5.90. The molecule has 0 bridgehead atoms. The smallest absolute Gasteiger partial charge is 0.162 e. The van der Waals surface area contributed by atoms with E-state index in [0.29, 0.717) is 6.54 Å². The van der Waals surface area contributed by atoms with Crippen molar-refractivity contribution in [3.05, 3.63) is 35.4 Å². The summed E-state index contributed by atoms with van der Waals surface area (Å²) in [5.74, 6) is -1.84. The Balaban J connectivity index is 3.14. The Bertz CT molecular complexity index is 571. The molecule has 114 valence electrons. The maximum atomic E-state index is 13.7. The highest BCUT2D eigenvalue weighted by molar-refractivity contribution is 7.92. The lowest BCUT2D eigenvalue weighted by molar-refractivity contribution is 0.404. The highest BCUT2D eigenvalue weighted by Gasteiger charge is 2.38. The van der Waals surface area contributed by atoms with Crippen LogP contribution in [0.25, 0.3) is 0 Å². The number of benzene rings is 1. The molecule has 1 aromatic rings. The number of sulfone groups is 1. The lowest BCUT2D eigenvalue weighted by atomic mass is 9.95. The molecule has 0 amide bonds. The SMILES string of the molecule is CCNC(Cc1cccc(F)c1F)C(C)(C)S(C)(=O)=O. The van der Waals surface area contributed by atoms with Crippen LogP contribution in [-0.4, -0.2) is 32.0 Å². The molecule has 1 aromatic carbocycles. The lowest BCUT2D eigenvalue weighted by Crippen LogP contribution is -2.52. The summed E-state index contributed by atoms with van der Waals surface area (Å²) in [5, 5.41) is 3.06. The van der Waals surface area contributed by atoms with E-state index in [1.165, 1.54) is 12.1 Å². The second-order valence-electron chi connectivity index (χ2n) is 5.40. The second-order valence-corrected chi connectivity index (χ2v) is 8.00. The van der Waals surface area contributed by atoms with E-state index >= 15 is 0 Å². The van der Waals surface area contributed by atoms with Gasteiger partial charge in [-0.2, -0.15) is 0 Å². The van der Waals surface area contributed by atoms with Crippen molar-refractivity contribution in [2.75, 3.05) is 12.8 Å². The first-order valence-electron chi connectivity index (χ1n) is 6.47. The van der Waals surface area contributed by atoms with Crippen molar-refractivity contribution in [2.45, 2.75) is 38.0 Å². The van der Waals surface area contributed by atoms with Crippen molar-refractivity contribution < 1.29 is 17.2 Å². The molecule has 6 heteroatoms. The van der Waals surface area contributed by atoms with E-state index in [2.05, 4.69) is 5.32 Å². The van der Waals surface area contributed by atoms with Crippen LogP contribution in [0.1, 0.15) is 26.3 Å². The van der Waals surface area contributed by atoms with Crippen LogP contribution in [0, 0.1) is 11.6 Å². The molecule has 0 saturated heterocycles. The minimum absolute atomic E-state index is 0.109. The summed E-state index contributed by atoms with van der Waals surface area (Å²) in [6.45, 7) is 5.56. The van der Waals surface area contributed by atoms with Crippen LogP contribution in [0.15, 0.2) is 18.2 Å². The van der Waals surface area contributed by atoms with Gasteiger partial charge in [0.1, 0.15) is 0 Å². The van der Waals surface area contributed by atoms with Crippen LogP contribution in [0.4, 0.5) is 8.78 Å². The molecule has 0 aliphatic rings. The highest BCUT2D eigenvalue weighted by atomic mass is 32.2. The summed E-state index contributed by atoms with van der Waals surface area (Å²) in [4.78, 5) is 0. The fraction of sp³-hybridized carbons (Fsp3) is 0.571. The minimum Gasteiger partial charge on any atom is -0.312 e. The zero-order valence-corrected chi connectivity index (χ0v) is 13.0. The van der Waals surface area contributed by atoms with Crippen molar-refractivity contribution >= 4 is 9.84 Å². The largest absolute Gasteiger partial charge is 0.312 e. The van der Waals surface area contributed by atoms with Crippen molar-refractivity contribution in [1.29, 1.82) is 0 Å². The molecule has 0 heterocycles. The van der Waals surface area contributed by atoms with Gasteiger partial charge in [0.2, 0.25) is 0 Å².